The van der Waals surface area contributed by atoms with E-state index >= 15 is 0 Å². The first-order chi connectivity index (χ1) is 10.1. The molecule has 21 heavy (non-hydrogen) atoms. The molecule has 0 saturated heterocycles. The second-order valence-electron chi connectivity index (χ2n) is 4.34. The van der Waals surface area contributed by atoms with E-state index < -0.39 is 11.7 Å². The van der Waals surface area contributed by atoms with Crippen LogP contribution in [0.1, 0.15) is 21.5 Å². The van der Waals surface area contributed by atoms with Crippen molar-refractivity contribution in [3.8, 4) is 11.8 Å². The molecule has 0 unspecified atom stereocenters. The number of amides is 1. The normalized spacial score (nSPS) is 9.67. The van der Waals surface area contributed by atoms with Crippen LogP contribution in [-0.2, 0) is 0 Å². The van der Waals surface area contributed by atoms with Gasteiger partial charge >= 0.3 is 0 Å². The summed E-state index contributed by atoms with van der Waals surface area (Å²) in [6, 6.07) is 5.74. The number of anilines is 1. The molecule has 5 heteroatoms. The van der Waals surface area contributed by atoms with Crippen LogP contribution in [0.3, 0.4) is 0 Å². The molecule has 2 aromatic rings. The smallest absolute Gasteiger partial charge is 0.257 e. The number of carbonyl (C=O) groups excluding carboxylic acids is 1. The molecule has 0 spiro atoms. The Hall–Kier alpha value is -2.71. The number of benzene rings is 1. The number of aliphatic hydroxyl groups excluding tert-OH is 1. The van der Waals surface area contributed by atoms with E-state index in [1.165, 1.54) is 24.5 Å². The lowest BCUT2D eigenvalue weighted by Gasteiger charge is -2.08. The zero-order valence-corrected chi connectivity index (χ0v) is 11.4. The van der Waals surface area contributed by atoms with Crippen molar-refractivity contribution >= 4 is 11.6 Å². The van der Waals surface area contributed by atoms with Gasteiger partial charge in [0.2, 0.25) is 0 Å². The number of nitrogens with one attached hydrogen (secondary N) is 1. The fourth-order valence-electron chi connectivity index (χ4n) is 1.70. The average Bonchev–Trinajstić information content (AvgIpc) is 2.49. The standard InChI is InChI=1S/C16H13FN2O2/c1-11-4-5-14(17)8-15(11)19-16(21)13-7-12(3-2-6-20)9-18-10-13/h4-5,7-10,20H,6H2,1H3,(H,19,21). The summed E-state index contributed by atoms with van der Waals surface area (Å²) in [6.45, 7) is 1.51. The van der Waals surface area contributed by atoms with Crippen molar-refractivity contribution in [2.45, 2.75) is 6.92 Å². The van der Waals surface area contributed by atoms with Crippen LogP contribution in [0.15, 0.2) is 36.7 Å². The lowest BCUT2D eigenvalue weighted by Crippen LogP contribution is -2.13. The van der Waals surface area contributed by atoms with E-state index in [1.807, 2.05) is 0 Å². The van der Waals surface area contributed by atoms with Crippen LogP contribution in [-0.4, -0.2) is 22.6 Å². The number of hydrogen-bond acceptors (Lipinski definition) is 3. The Morgan fingerprint density at radius 2 is 2.19 bits per heavy atom. The van der Waals surface area contributed by atoms with Crippen molar-refractivity contribution < 1.29 is 14.3 Å². The van der Waals surface area contributed by atoms with Gasteiger partial charge in [-0.15, -0.1) is 0 Å². The third-order valence-electron chi connectivity index (χ3n) is 2.76. The van der Waals surface area contributed by atoms with Gasteiger partial charge in [-0.05, 0) is 30.7 Å². The zero-order valence-electron chi connectivity index (χ0n) is 11.4. The Morgan fingerprint density at radius 3 is 2.95 bits per heavy atom. The van der Waals surface area contributed by atoms with Gasteiger partial charge in [-0.3, -0.25) is 9.78 Å². The molecule has 0 aliphatic rings. The lowest BCUT2D eigenvalue weighted by atomic mass is 10.1. The molecule has 1 aromatic heterocycles. The predicted molar refractivity (Wildman–Crippen MR) is 77.3 cm³/mol. The summed E-state index contributed by atoms with van der Waals surface area (Å²) in [5.74, 6) is 4.33. The summed E-state index contributed by atoms with van der Waals surface area (Å²) in [5, 5.41) is 11.3. The average molecular weight is 284 g/mol. The van der Waals surface area contributed by atoms with E-state index in [0.717, 1.165) is 5.56 Å². The van der Waals surface area contributed by atoms with E-state index in [-0.39, 0.29) is 6.61 Å². The van der Waals surface area contributed by atoms with E-state index in [9.17, 15) is 9.18 Å². The van der Waals surface area contributed by atoms with Gasteiger partial charge in [0.25, 0.3) is 5.91 Å². The number of carbonyl (C=O) groups is 1. The largest absolute Gasteiger partial charge is 0.384 e. The fraction of sp³-hybridized carbons (Fsp3) is 0.125. The lowest BCUT2D eigenvalue weighted by molar-refractivity contribution is 0.102. The quantitative estimate of drug-likeness (QED) is 0.830. The molecule has 2 rings (SSSR count). The minimum Gasteiger partial charge on any atom is -0.384 e. The first kappa shape index (κ1) is 14.7. The molecule has 0 bridgehead atoms. The Bertz CT molecular complexity index is 733. The Kier molecular flexibility index (Phi) is 4.64. The first-order valence-electron chi connectivity index (χ1n) is 6.22. The molecule has 0 aliphatic carbocycles. The van der Waals surface area contributed by atoms with Crippen molar-refractivity contribution in [3.05, 3.63) is 59.2 Å². The van der Waals surface area contributed by atoms with E-state index in [4.69, 9.17) is 5.11 Å². The van der Waals surface area contributed by atoms with Crippen molar-refractivity contribution in [3.63, 3.8) is 0 Å². The van der Waals surface area contributed by atoms with Crippen molar-refractivity contribution in [1.29, 1.82) is 0 Å². The number of rotatable bonds is 2. The maximum Gasteiger partial charge on any atom is 0.257 e. The number of aryl methyl sites for hydroxylation is 1. The Balaban J connectivity index is 2.22. The molecule has 0 fully saturated rings. The van der Waals surface area contributed by atoms with Crippen molar-refractivity contribution in [2.24, 2.45) is 0 Å². The van der Waals surface area contributed by atoms with Gasteiger partial charge in [0, 0.05) is 23.6 Å². The van der Waals surface area contributed by atoms with E-state index in [2.05, 4.69) is 22.1 Å². The highest BCUT2D eigenvalue weighted by Gasteiger charge is 2.09. The fourth-order valence-corrected chi connectivity index (χ4v) is 1.70. The highest BCUT2D eigenvalue weighted by Crippen LogP contribution is 2.17. The Morgan fingerprint density at radius 1 is 1.38 bits per heavy atom. The Labute approximate surface area is 121 Å². The van der Waals surface area contributed by atoms with Crippen LogP contribution in [0, 0.1) is 24.6 Å². The van der Waals surface area contributed by atoms with E-state index in [1.54, 1.807) is 19.1 Å². The summed E-state index contributed by atoms with van der Waals surface area (Å²) in [7, 11) is 0. The maximum atomic E-state index is 13.2. The molecule has 106 valence electrons. The van der Waals surface area contributed by atoms with Gasteiger partial charge in [0.15, 0.2) is 0 Å². The molecule has 2 N–H and O–H groups in total. The van der Waals surface area contributed by atoms with Gasteiger partial charge in [0.1, 0.15) is 12.4 Å². The van der Waals surface area contributed by atoms with Gasteiger partial charge in [0.05, 0.1) is 5.56 Å². The maximum absolute atomic E-state index is 13.2. The van der Waals surface area contributed by atoms with Gasteiger partial charge in [-0.25, -0.2) is 4.39 Å². The first-order valence-corrected chi connectivity index (χ1v) is 6.22. The molecule has 1 amide bonds. The third kappa shape index (κ3) is 3.88. The summed E-state index contributed by atoms with van der Waals surface area (Å²) < 4.78 is 13.2. The van der Waals surface area contributed by atoms with Crippen LogP contribution in [0.25, 0.3) is 0 Å². The molecule has 4 nitrogen and oxygen atoms in total. The van der Waals surface area contributed by atoms with Crippen LogP contribution in [0.2, 0.25) is 0 Å². The van der Waals surface area contributed by atoms with Crippen molar-refractivity contribution in [1.82, 2.24) is 4.98 Å². The molecule has 0 saturated carbocycles. The number of nitrogens with zero attached hydrogens (tertiary/aromatic N) is 1. The minimum atomic E-state index is -0.420. The van der Waals surface area contributed by atoms with Crippen molar-refractivity contribution in [2.75, 3.05) is 11.9 Å². The molecular formula is C16H13FN2O2. The zero-order chi connectivity index (χ0) is 15.2. The molecule has 1 aromatic carbocycles. The topological polar surface area (TPSA) is 62.2 Å². The number of aromatic nitrogens is 1. The van der Waals surface area contributed by atoms with E-state index in [0.29, 0.717) is 16.8 Å². The molecule has 1 heterocycles. The van der Waals surface area contributed by atoms with Crippen LogP contribution < -0.4 is 5.32 Å². The van der Waals surface area contributed by atoms with Crippen LogP contribution in [0.5, 0.6) is 0 Å². The highest BCUT2D eigenvalue weighted by molar-refractivity contribution is 6.04. The summed E-state index contributed by atoms with van der Waals surface area (Å²) in [6.07, 6.45) is 2.89. The summed E-state index contributed by atoms with van der Waals surface area (Å²) in [5.41, 5.74) is 2.00. The minimum absolute atomic E-state index is 0.265. The molecule has 0 atom stereocenters. The predicted octanol–water partition coefficient (Wildman–Crippen LogP) is 2.13. The number of hydrogen-bond donors (Lipinski definition) is 2. The van der Waals surface area contributed by atoms with Gasteiger partial charge in [-0.2, -0.15) is 0 Å². The second kappa shape index (κ2) is 6.64. The number of pyridine rings is 1. The highest BCUT2D eigenvalue weighted by atomic mass is 19.1. The summed E-state index contributed by atoms with van der Waals surface area (Å²) >= 11 is 0. The number of halogens is 1. The monoisotopic (exact) mass is 284 g/mol. The third-order valence-corrected chi connectivity index (χ3v) is 2.76. The summed E-state index contributed by atoms with van der Waals surface area (Å²) in [4.78, 5) is 16.1. The van der Waals surface area contributed by atoms with Crippen LogP contribution >= 0.6 is 0 Å². The van der Waals surface area contributed by atoms with Gasteiger partial charge < -0.3 is 10.4 Å². The van der Waals surface area contributed by atoms with Crippen LogP contribution in [0.4, 0.5) is 10.1 Å². The molecule has 0 aliphatic heterocycles. The number of aliphatic hydroxyl groups is 1. The molecular weight excluding hydrogens is 271 g/mol. The SMILES string of the molecule is Cc1ccc(F)cc1NC(=O)c1cncc(C#CCO)c1. The molecule has 0 radical (unpaired) electrons. The van der Waals surface area contributed by atoms with Gasteiger partial charge in [-0.1, -0.05) is 17.9 Å². The second-order valence-corrected chi connectivity index (χ2v) is 4.34.